The number of fused-ring (bicyclic) bond motifs is 7. The second kappa shape index (κ2) is 12.1. The first-order valence-electron chi connectivity index (χ1n) is 18.1. The van der Waals surface area contributed by atoms with Crippen LogP contribution in [0.2, 0.25) is 0 Å². The number of rotatable bonds is 5. The number of hydrogen-bond donors (Lipinski definition) is 0. The van der Waals surface area contributed by atoms with Crippen LogP contribution in [0.4, 0.5) is 0 Å². The lowest BCUT2D eigenvalue weighted by Crippen LogP contribution is -2.02. The summed E-state index contributed by atoms with van der Waals surface area (Å²) in [7, 11) is 0. The van der Waals surface area contributed by atoms with Crippen LogP contribution < -0.4 is 0 Å². The van der Waals surface area contributed by atoms with E-state index in [1.54, 1.807) is 0 Å². The van der Waals surface area contributed by atoms with Crippen LogP contribution in [0.3, 0.4) is 0 Å². The summed E-state index contributed by atoms with van der Waals surface area (Å²) in [5.74, 6) is 2.63. The number of benzene rings is 7. The molecule has 0 fully saturated rings. The van der Waals surface area contributed by atoms with Gasteiger partial charge in [0, 0.05) is 50.1 Å². The van der Waals surface area contributed by atoms with Gasteiger partial charge in [0.2, 0.25) is 0 Å². The van der Waals surface area contributed by atoms with E-state index in [4.69, 9.17) is 19.9 Å². The first kappa shape index (κ1) is 30.2. The second-order valence-corrected chi connectivity index (χ2v) is 13.5. The summed E-state index contributed by atoms with van der Waals surface area (Å²) in [6.45, 7) is 0. The highest BCUT2D eigenvalue weighted by Crippen LogP contribution is 2.39. The van der Waals surface area contributed by atoms with Gasteiger partial charge in [-0.3, -0.25) is 4.57 Å². The lowest BCUT2D eigenvalue weighted by Gasteiger charge is -2.11. The van der Waals surface area contributed by atoms with E-state index in [2.05, 4.69) is 155 Å². The molecule has 0 radical (unpaired) electrons. The monoisotopic (exact) mass is 690 g/mol. The molecule has 0 saturated carbocycles. The molecule has 0 bridgehead atoms. The van der Waals surface area contributed by atoms with Gasteiger partial charge in [-0.1, -0.05) is 127 Å². The maximum absolute atomic E-state index is 5.11. The normalized spacial score (nSPS) is 11.7. The molecule has 4 aromatic heterocycles. The van der Waals surface area contributed by atoms with Crippen molar-refractivity contribution >= 4 is 54.4 Å². The van der Waals surface area contributed by atoms with Crippen LogP contribution in [-0.2, 0) is 0 Å². The summed E-state index contributed by atoms with van der Waals surface area (Å²) in [4.78, 5) is 20.2. The Kier molecular flexibility index (Phi) is 6.75. The van der Waals surface area contributed by atoms with Gasteiger partial charge in [0.25, 0.3) is 0 Å². The van der Waals surface area contributed by atoms with Gasteiger partial charge >= 0.3 is 0 Å². The quantitative estimate of drug-likeness (QED) is 0.180. The van der Waals surface area contributed by atoms with Gasteiger partial charge in [-0.15, -0.1) is 0 Å². The summed E-state index contributed by atoms with van der Waals surface area (Å²) in [5, 5.41) is 7.05. The van der Waals surface area contributed by atoms with Gasteiger partial charge in [-0.05, 0) is 59.3 Å². The molecule has 0 aliphatic carbocycles. The number of aromatic nitrogens is 6. The fourth-order valence-electron chi connectivity index (χ4n) is 7.95. The Morgan fingerprint density at radius 3 is 1.65 bits per heavy atom. The van der Waals surface area contributed by atoms with Gasteiger partial charge in [-0.25, -0.2) is 19.9 Å². The zero-order valence-electron chi connectivity index (χ0n) is 29.0. The van der Waals surface area contributed by atoms with Crippen molar-refractivity contribution in [1.82, 2.24) is 29.1 Å². The highest BCUT2D eigenvalue weighted by molar-refractivity contribution is 6.19. The van der Waals surface area contributed by atoms with Gasteiger partial charge < -0.3 is 4.57 Å². The molecule has 54 heavy (non-hydrogen) atoms. The smallest absolute Gasteiger partial charge is 0.165 e. The highest BCUT2D eigenvalue weighted by atomic mass is 15.1. The predicted molar refractivity (Wildman–Crippen MR) is 220 cm³/mol. The predicted octanol–water partition coefficient (Wildman–Crippen LogP) is 11.6. The molecule has 0 amide bonds. The highest BCUT2D eigenvalue weighted by Gasteiger charge is 2.20. The maximum Gasteiger partial charge on any atom is 0.165 e. The summed E-state index contributed by atoms with van der Waals surface area (Å²) in [6, 6.07) is 61.3. The van der Waals surface area contributed by atoms with Gasteiger partial charge in [0.05, 0.1) is 22.1 Å². The van der Waals surface area contributed by atoms with E-state index in [0.29, 0.717) is 17.5 Å². The van der Waals surface area contributed by atoms with Crippen LogP contribution in [0.5, 0.6) is 0 Å². The van der Waals surface area contributed by atoms with Crippen LogP contribution >= 0.6 is 0 Å². The molecule has 0 aliphatic heterocycles. The van der Waals surface area contributed by atoms with Crippen LogP contribution in [0.15, 0.2) is 182 Å². The molecule has 0 saturated heterocycles. The Morgan fingerprint density at radius 2 is 0.926 bits per heavy atom. The molecule has 11 rings (SSSR count). The summed E-state index contributed by atoms with van der Waals surface area (Å²) >= 11 is 0. The Bertz CT molecular complexity index is 3190. The molecule has 4 heterocycles. The second-order valence-electron chi connectivity index (χ2n) is 13.5. The standard InChI is InChI=1S/C48H30N6/c1-3-15-32(16-4-1)46-50-47(52-48(51-46)38-23-13-17-31-14-7-8-20-35(31)38)33-26-27-45(49-30-33)54-42-25-12-10-22-37(42)40-28-39-36-21-9-11-24-41(36)53(43(39)29-44(40)54)34-18-5-2-6-19-34/h1-30H. The molecule has 6 nitrogen and oxygen atoms in total. The zero-order chi connectivity index (χ0) is 35.6. The largest absolute Gasteiger partial charge is 0.309 e. The summed E-state index contributed by atoms with van der Waals surface area (Å²) < 4.78 is 4.63. The fourth-order valence-corrected chi connectivity index (χ4v) is 7.95. The summed E-state index contributed by atoms with van der Waals surface area (Å²) in [5.41, 5.74) is 8.35. The third-order valence-corrected chi connectivity index (χ3v) is 10.4. The van der Waals surface area contributed by atoms with Crippen molar-refractivity contribution in [3.63, 3.8) is 0 Å². The van der Waals surface area contributed by atoms with Crippen LogP contribution in [0.1, 0.15) is 0 Å². The van der Waals surface area contributed by atoms with Crippen molar-refractivity contribution in [3.8, 4) is 45.7 Å². The molecule has 0 aliphatic rings. The number of nitrogens with zero attached hydrogens (tertiary/aromatic N) is 6. The first-order chi connectivity index (χ1) is 26.8. The van der Waals surface area contributed by atoms with E-state index in [1.807, 2.05) is 36.5 Å². The molecule has 0 spiro atoms. The molecule has 0 N–H and O–H groups in total. The van der Waals surface area contributed by atoms with Crippen molar-refractivity contribution in [1.29, 1.82) is 0 Å². The average Bonchev–Trinajstić information content (AvgIpc) is 3.75. The van der Waals surface area contributed by atoms with Crippen molar-refractivity contribution < 1.29 is 0 Å². The maximum atomic E-state index is 5.11. The molecule has 0 unspecified atom stereocenters. The first-order valence-corrected chi connectivity index (χ1v) is 18.1. The van der Waals surface area contributed by atoms with Crippen molar-refractivity contribution in [2.75, 3.05) is 0 Å². The SMILES string of the molecule is c1ccc(-c2nc(-c3ccc(-n4c5ccccc5c5cc6c7ccccc7n(-c7ccccc7)c6cc54)nc3)nc(-c3cccc4ccccc34)n2)cc1. The van der Waals surface area contributed by atoms with Gasteiger partial charge in [0.15, 0.2) is 17.5 Å². The van der Waals surface area contributed by atoms with Crippen molar-refractivity contribution in [3.05, 3.63) is 182 Å². The Morgan fingerprint density at radius 1 is 0.352 bits per heavy atom. The van der Waals surface area contributed by atoms with E-state index in [9.17, 15) is 0 Å². The van der Waals surface area contributed by atoms with E-state index >= 15 is 0 Å². The van der Waals surface area contributed by atoms with Crippen LogP contribution in [0, 0.1) is 0 Å². The Hall–Kier alpha value is -7.44. The van der Waals surface area contributed by atoms with Crippen molar-refractivity contribution in [2.45, 2.75) is 0 Å². The third kappa shape index (κ3) is 4.74. The fraction of sp³-hybridized carbons (Fsp3) is 0. The molecule has 11 aromatic rings. The van der Waals surface area contributed by atoms with E-state index in [0.717, 1.165) is 55.5 Å². The van der Waals surface area contributed by atoms with Crippen LogP contribution in [0.25, 0.3) is 100 Å². The summed E-state index contributed by atoms with van der Waals surface area (Å²) in [6.07, 6.45) is 1.88. The topological polar surface area (TPSA) is 61.4 Å². The van der Waals surface area contributed by atoms with E-state index in [1.165, 1.54) is 27.1 Å². The molecule has 6 heteroatoms. The minimum Gasteiger partial charge on any atom is -0.309 e. The average molecular weight is 691 g/mol. The van der Waals surface area contributed by atoms with Crippen molar-refractivity contribution in [2.24, 2.45) is 0 Å². The number of pyridine rings is 1. The molecule has 252 valence electrons. The lowest BCUT2D eigenvalue weighted by molar-refractivity contribution is 1.05. The minimum absolute atomic E-state index is 0.571. The number of para-hydroxylation sites is 3. The van der Waals surface area contributed by atoms with Gasteiger partial charge in [-0.2, -0.15) is 0 Å². The van der Waals surface area contributed by atoms with E-state index < -0.39 is 0 Å². The minimum atomic E-state index is 0.571. The molecule has 0 atom stereocenters. The Labute approximate surface area is 310 Å². The number of hydrogen-bond acceptors (Lipinski definition) is 4. The molecular formula is C48H30N6. The van der Waals surface area contributed by atoms with Gasteiger partial charge in [0.1, 0.15) is 5.82 Å². The van der Waals surface area contributed by atoms with E-state index in [-0.39, 0.29) is 0 Å². The third-order valence-electron chi connectivity index (χ3n) is 10.4. The molecule has 7 aromatic carbocycles. The van der Waals surface area contributed by atoms with Crippen LogP contribution in [-0.4, -0.2) is 29.1 Å². The molecular weight excluding hydrogens is 661 g/mol. The Balaban J connectivity index is 1.10. The lowest BCUT2D eigenvalue weighted by atomic mass is 10.0. The zero-order valence-corrected chi connectivity index (χ0v) is 29.0.